The molecule has 108 valence electrons. The Morgan fingerprint density at radius 1 is 1.45 bits per heavy atom. The standard InChI is InChI=1S/C14H15BrO3S2/c1-2-18-13(17)7-8-20-14(19)9-12(16)10-3-5-11(15)6-4-10/h3-6,9,16H,2,7-8H2,1H3/b12-9-. The minimum Gasteiger partial charge on any atom is -0.507 e. The fourth-order valence-electron chi connectivity index (χ4n) is 1.33. The van der Waals surface area contributed by atoms with E-state index in [2.05, 4.69) is 15.9 Å². The molecule has 20 heavy (non-hydrogen) atoms. The van der Waals surface area contributed by atoms with Crippen LogP contribution in [0, 0.1) is 0 Å². The molecule has 6 heteroatoms. The average molecular weight is 375 g/mol. The minimum atomic E-state index is -0.232. The summed E-state index contributed by atoms with van der Waals surface area (Å²) >= 11 is 9.81. The van der Waals surface area contributed by atoms with Gasteiger partial charge in [0.15, 0.2) is 0 Å². The summed E-state index contributed by atoms with van der Waals surface area (Å²) < 4.78 is 6.30. The Balaban J connectivity index is 2.46. The highest BCUT2D eigenvalue weighted by molar-refractivity contribution is 9.10. The summed E-state index contributed by atoms with van der Waals surface area (Å²) in [6.45, 7) is 2.16. The van der Waals surface area contributed by atoms with E-state index in [1.165, 1.54) is 17.8 Å². The summed E-state index contributed by atoms with van der Waals surface area (Å²) in [5, 5.41) is 9.93. The summed E-state index contributed by atoms with van der Waals surface area (Å²) in [6, 6.07) is 7.27. The molecule has 1 N–H and O–H groups in total. The van der Waals surface area contributed by atoms with Crippen LogP contribution >= 0.6 is 39.9 Å². The quantitative estimate of drug-likeness (QED) is 0.346. The van der Waals surface area contributed by atoms with Crippen LogP contribution in [0.15, 0.2) is 34.8 Å². The van der Waals surface area contributed by atoms with Crippen LogP contribution in [0.4, 0.5) is 0 Å². The van der Waals surface area contributed by atoms with Gasteiger partial charge in [-0.3, -0.25) is 4.79 Å². The number of aliphatic hydroxyl groups excluding tert-OH is 1. The molecule has 0 unspecified atom stereocenters. The molecule has 0 aromatic heterocycles. The van der Waals surface area contributed by atoms with E-state index in [0.29, 0.717) is 28.5 Å². The summed E-state index contributed by atoms with van der Waals surface area (Å²) in [4.78, 5) is 11.2. The van der Waals surface area contributed by atoms with E-state index in [0.717, 1.165) is 4.47 Å². The molecule has 1 rings (SSSR count). The minimum absolute atomic E-state index is 0.117. The van der Waals surface area contributed by atoms with Crippen molar-refractivity contribution in [3.63, 3.8) is 0 Å². The van der Waals surface area contributed by atoms with Gasteiger partial charge < -0.3 is 9.84 Å². The topological polar surface area (TPSA) is 46.5 Å². The fourth-order valence-corrected chi connectivity index (χ4v) is 2.62. The molecule has 1 aromatic rings. The Morgan fingerprint density at radius 3 is 2.70 bits per heavy atom. The number of ether oxygens (including phenoxy) is 1. The SMILES string of the molecule is CCOC(=O)CCSC(=S)/C=C(\O)c1ccc(Br)cc1. The third-order valence-corrected chi connectivity index (χ3v) is 4.06. The van der Waals surface area contributed by atoms with Crippen LogP contribution in [-0.2, 0) is 9.53 Å². The predicted molar refractivity (Wildman–Crippen MR) is 91.1 cm³/mol. The van der Waals surface area contributed by atoms with Crippen LogP contribution in [0.1, 0.15) is 18.9 Å². The number of halogens is 1. The van der Waals surface area contributed by atoms with E-state index in [4.69, 9.17) is 17.0 Å². The van der Waals surface area contributed by atoms with Crippen molar-refractivity contribution in [1.29, 1.82) is 0 Å². The Morgan fingerprint density at radius 2 is 2.10 bits per heavy atom. The first-order chi connectivity index (χ1) is 9.52. The van der Waals surface area contributed by atoms with E-state index in [9.17, 15) is 9.90 Å². The number of esters is 1. The third kappa shape index (κ3) is 6.54. The van der Waals surface area contributed by atoms with Gasteiger partial charge in [-0.15, -0.1) is 11.8 Å². The normalized spacial score (nSPS) is 11.2. The van der Waals surface area contributed by atoms with E-state index >= 15 is 0 Å². The zero-order chi connectivity index (χ0) is 15.0. The van der Waals surface area contributed by atoms with Gasteiger partial charge in [-0.25, -0.2) is 0 Å². The first-order valence-corrected chi connectivity index (χ1v) is 8.20. The number of benzene rings is 1. The van der Waals surface area contributed by atoms with Crippen molar-refractivity contribution in [2.45, 2.75) is 13.3 Å². The number of thioether (sulfide) groups is 1. The van der Waals surface area contributed by atoms with E-state index in [-0.39, 0.29) is 11.7 Å². The van der Waals surface area contributed by atoms with Gasteiger partial charge in [0.25, 0.3) is 0 Å². The first-order valence-electron chi connectivity index (χ1n) is 6.02. The van der Waals surface area contributed by atoms with Crippen LogP contribution in [0.5, 0.6) is 0 Å². The molecular weight excluding hydrogens is 360 g/mol. The Kier molecular flexibility index (Phi) is 7.87. The molecule has 3 nitrogen and oxygen atoms in total. The van der Waals surface area contributed by atoms with Gasteiger partial charge in [-0.05, 0) is 19.1 Å². The van der Waals surface area contributed by atoms with Crippen LogP contribution in [0.3, 0.4) is 0 Å². The van der Waals surface area contributed by atoms with E-state index in [1.807, 2.05) is 12.1 Å². The average Bonchev–Trinajstić information content (AvgIpc) is 2.39. The number of carbonyl (C=O) groups is 1. The number of hydrogen-bond donors (Lipinski definition) is 1. The lowest BCUT2D eigenvalue weighted by atomic mass is 10.2. The highest BCUT2D eigenvalue weighted by Crippen LogP contribution is 2.18. The molecule has 0 heterocycles. The summed E-state index contributed by atoms with van der Waals surface area (Å²) in [6.07, 6.45) is 1.83. The molecule has 1 aromatic carbocycles. The molecule has 0 aliphatic carbocycles. The van der Waals surface area contributed by atoms with Crippen molar-refractivity contribution >= 4 is 55.8 Å². The molecule has 0 radical (unpaired) electrons. The molecule has 0 fully saturated rings. The fraction of sp³-hybridized carbons (Fsp3) is 0.286. The molecule has 0 aliphatic heterocycles. The van der Waals surface area contributed by atoms with Crippen molar-refractivity contribution in [2.75, 3.05) is 12.4 Å². The van der Waals surface area contributed by atoms with Crippen molar-refractivity contribution in [2.24, 2.45) is 0 Å². The van der Waals surface area contributed by atoms with Crippen LogP contribution in [0.25, 0.3) is 5.76 Å². The van der Waals surface area contributed by atoms with Crippen LogP contribution in [0.2, 0.25) is 0 Å². The lowest BCUT2D eigenvalue weighted by molar-refractivity contribution is -0.142. The predicted octanol–water partition coefficient (Wildman–Crippen LogP) is 4.36. The third-order valence-electron chi connectivity index (χ3n) is 2.25. The highest BCUT2D eigenvalue weighted by atomic mass is 79.9. The molecular formula is C14H15BrO3S2. The zero-order valence-corrected chi connectivity index (χ0v) is 14.2. The second kappa shape index (κ2) is 9.15. The van der Waals surface area contributed by atoms with Gasteiger partial charge in [-0.2, -0.15) is 0 Å². The molecule has 0 atom stereocenters. The van der Waals surface area contributed by atoms with Crippen molar-refractivity contribution in [1.82, 2.24) is 0 Å². The number of carbonyl (C=O) groups excluding carboxylic acids is 1. The van der Waals surface area contributed by atoms with Crippen LogP contribution in [-0.4, -0.2) is 27.6 Å². The largest absolute Gasteiger partial charge is 0.507 e. The maximum atomic E-state index is 11.2. The molecule has 0 amide bonds. The van der Waals surface area contributed by atoms with Crippen LogP contribution < -0.4 is 0 Å². The summed E-state index contributed by atoms with van der Waals surface area (Å²) in [5.41, 5.74) is 0.696. The molecule has 0 saturated heterocycles. The van der Waals surface area contributed by atoms with Crippen molar-refractivity contribution < 1.29 is 14.6 Å². The van der Waals surface area contributed by atoms with E-state index in [1.54, 1.807) is 19.1 Å². The molecule has 0 spiro atoms. The molecule has 0 aliphatic rings. The molecule has 0 saturated carbocycles. The number of hydrogen-bond acceptors (Lipinski definition) is 5. The van der Waals surface area contributed by atoms with Gasteiger partial charge in [0.1, 0.15) is 5.76 Å². The highest BCUT2D eigenvalue weighted by Gasteiger charge is 2.04. The zero-order valence-electron chi connectivity index (χ0n) is 11.0. The lowest BCUT2D eigenvalue weighted by Crippen LogP contribution is -2.05. The molecule has 0 bridgehead atoms. The second-order valence-corrected chi connectivity index (χ2v) is 6.51. The summed E-state index contributed by atoms with van der Waals surface area (Å²) in [5.74, 6) is 0.428. The van der Waals surface area contributed by atoms with Gasteiger partial charge in [0, 0.05) is 21.9 Å². The Labute approximate surface area is 136 Å². The second-order valence-electron chi connectivity index (χ2n) is 3.76. The monoisotopic (exact) mass is 374 g/mol. The van der Waals surface area contributed by atoms with Gasteiger partial charge in [-0.1, -0.05) is 40.3 Å². The van der Waals surface area contributed by atoms with Gasteiger partial charge >= 0.3 is 5.97 Å². The Bertz CT molecular complexity index is 498. The summed E-state index contributed by atoms with van der Waals surface area (Å²) in [7, 11) is 0. The number of thiocarbonyl (C=S) groups is 1. The maximum absolute atomic E-state index is 11.2. The van der Waals surface area contributed by atoms with Crippen molar-refractivity contribution in [3.8, 4) is 0 Å². The van der Waals surface area contributed by atoms with E-state index < -0.39 is 0 Å². The Hall–Kier alpha value is -0.850. The van der Waals surface area contributed by atoms with Crippen molar-refractivity contribution in [3.05, 3.63) is 40.4 Å². The smallest absolute Gasteiger partial charge is 0.306 e. The number of rotatable bonds is 6. The lowest BCUT2D eigenvalue weighted by Gasteiger charge is -2.03. The van der Waals surface area contributed by atoms with Gasteiger partial charge in [0.05, 0.1) is 17.2 Å². The first kappa shape index (κ1) is 17.2. The van der Waals surface area contributed by atoms with Gasteiger partial charge in [0.2, 0.25) is 0 Å². The maximum Gasteiger partial charge on any atom is 0.306 e. The number of aliphatic hydroxyl groups is 1.